The van der Waals surface area contributed by atoms with E-state index in [0.29, 0.717) is 18.2 Å². The lowest BCUT2D eigenvalue weighted by molar-refractivity contribution is 0.0181. The molecule has 0 spiro atoms. The molecule has 1 fully saturated rings. The fourth-order valence-electron chi connectivity index (χ4n) is 2.26. The number of anilines is 1. The van der Waals surface area contributed by atoms with Gasteiger partial charge < -0.3 is 15.0 Å². The molecular weight excluding hydrogens is 264 g/mol. The number of halogens is 1. The molecular formula is C14H19ClN2O2. The van der Waals surface area contributed by atoms with Crippen LogP contribution in [0.15, 0.2) is 24.3 Å². The zero-order chi connectivity index (χ0) is 13.7. The van der Waals surface area contributed by atoms with Crippen LogP contribution in [0.3, 0.4) is 0 Å². The predicted octanol–water partition coefficient (Wildman–Crippen LogP) is 3.37. The van der Waals surface area contributed by atoms with Gasteiger partial charge in [0.15, 0.2) is 0 Å². The van der Waals surface area contributed by atoms with Crippen LogP contribution in [0, 0.1) is 0 Å². The quantitative estimate of drug-likeness (QED) is 0.923. The third kappa shape index (κ3) is 4.11. The zero-order valence-electron chi connectivity index (χ0n) is 11.1. The smallest absolute Gasteiger partial charge is 0.321 e. The van der Waals surface area contributed by atoms with E-state index in [1.807, 2.05) is 19.1 Å². The van der Waals surface area contributed by atoms with Crippen LogP contribution in [0.5, 0.6) is 0 Å². The summed E-state index contributed by atoms with van der Waals surface area (Å²) >= 11 is 5.89. The van der Waals surface area contributed by atoms with Crippen molar-refractivity contribution >= 4 is 23.3 Å². The number of hydrogen-bond donors (Lipinski definition) is 1. The normalized spacial score (nSPS) is 19.3. The number of nitrogens with zero attached hydrogens (tertiary/aromatic N) is 1. The highest BCUT2D eigenvalue weighted by molar-refractivity contribution is 6.30. The zero-order valence-corrected chi connectivity index (χ0v) is 11.8. The Morgan fingerprint density at radius 3 is 3.16 bits per heavy atom. The van der Waals surface area contributed by atoms with E-state index in [-0.39, 0.29) is 12.1 Å². The van der Waals surface area contributed by atoms with E-state index in [0.717, 1.165) is 25.1 Å². The van der Waals surface area contributed by atoms with Crippen molar-refractivity contribution < 1.29 is 9.53 Å². The Kier molecular flexibility index (Phi) is 5.05. The van der Waals surface area contributed by atoms with Gasteiger partial charge in [-0.15, -0.1) is 0 Å². The SMILES string of the molecule is CCOC1CCCN(C(=O)Nc2cccc(Cl)c2)C1. The van der Waals surface area contributed by atoms with Crippen molar-refractivity contribution in [1.82, 2.24) is 4.90 Å². The lowest BCUT2D eigenvalue weighted by Crippen LogP contribution is -2.45. The summed E-state index contributed by atoms with van der Waals surface area (Å²) in [5.74, 6) is 0. The van der Waals surface area contributed by atoms with E-state index in [1.165, 1.54) is 0 Å². The number of likely N-dealkylation sites (tertiary alicyclic amines) is 1. The third-order valence-corrected chi connectivity index (χ3v) is 3.38. The summed E-state index contributed by atoms with van der Waals surface area (Å²) < 4.78 is 5.59. The van der Waals surface area contributed by atoms with E-state index in [4.69, 9.17) is 16.3 Å². The second-order valence-electron chi connectivity index (χ2n) is 4.61. The van der Waals surface area contributed by atoms with Gasteiger partial charge in [0.2, 0.25) is 0 Å². The number of benzene rings is 1. The largest absolute Gasteiger partial charge is 0.377 e. The molecule has 0 bridgehead atoms. The van der Waals surface area contributed by atoms with Gasteiger partial charge in [-0.2, -0.15) is 0 Å². The van der Waals surface area contributed by atoms with E-state index in [1.54, 1.807) is 17.0 Å². The van der Waals surface area contributed by atoms with Gasteiger partial charge in [-0.25, -0.2) is 4.79 Å². The molecule has 2 rings (SSSR count). The number of amides is 2. The highest BCUT2D eigenvalue weighted by atomic mass is 35.5. The van der Waals surface area contributed by atoms with Crippen LogP contribution in [-0.4, -0.2) is 36.7 Å². The van der Waals surface area contributed by atoms with Crippen LogP contribution >= 0.6 is 11.6 Å². The average Bonchev–Trinajstić information content (AvgIpc) is 2.39. The lowest BCUT2D eigenvalue weighted by atomic mass is 10.1. The van der Waals surface area contributed by atoms with E-state index in [2.05, 4.69) is 5.32 Å². The molecule has 1 N–H and O–H groups in total. The Morgan fingerprint density at radius 1 is 1.58 bits per heavy atom. The number of piperidine rings is 1. The molecule has 104 valence electrons. The minimum Gasteiger partial charge on any atom is -0.377 e. The van der Waals surface area contributed by atoms with Gasteiger partial charge in [-0.05, 0) is 38.0 Å². The summed E-state index contributed by atoms with van der Waals surface area (Å²) in [6.07, 6.45) is 2.16. The van der Waals surface area contributed by atoms with E-state index < -0.39 is 0 Å². The maximum absolute atomic E-state index is 12.1. The maximum Gasteiger partial charge on any atom is 0.321 e. The molecule has 1 aromatic rings. The average molecular weight is 283 g/mol. The Hall–Kier alpha value is -1.26. The number of rotatable bonds is 3. The van der Waals surface area contributed by atoms with Crippen LogP contribution in [0.1, 0.15) is 19.8 Å². The maximum atomic E-state index is 12.1. The van der Waals surface area contributed by atoms with Crippen LogP contribution in [-0.2, 0) is 4.74 Å². The first kappa shape index (κ1) is 14.2. The van der Waals surface area contributed by atoms with Crippen LogP contribution in [0.4, 0.5) is 10.5 Å². The highest BCUT2D eigenvalue weighted by Crippen LogP contribution is 2.17. The monoisotopic (exact) mass is 282 g/mol. The van der Waals surface area contributed by atoms with Crippen molar-refractivity contribution in [3.05, 3.63) is 29.3 Å². The predicted molar refractivity (Wildman–Crippen MR) is 76.7 cm³/mol. The van der Waals surface area contributed by atoms with Gasteiger partial charge in [0.05, 0.1) is 6.10 Å². The molecule has 5 heteroatoms. The molecule has 0 aromatic heterocycles. The molecule has 0 saturated carbocycles. The fourth-order valence-corrected chi connectivity index (χ4v) is 2.45. The highest BCUT2D eigenvalue weighted by Gasteiger charge is 2.23. The minimum atomic E-state index is -0.0910. The Labute approximate surface area is 118 Å². The number of urea groups is 1. The summed E-state index contributed by atoms with van der Waals surface area (Å²) in [6.45, 7) is 4.09. The summed E-state index contributed by atoms with van der Waals surface area (Å²) in [5, 5.41) is 3.48. The fraction of sp³-hybridized carbons (Fsp3) is 0.500. The molecule has 19 heavy (non-hydrogen) atoms. The van der Waals surface area contributed by atoms with E-state index in [9.17, 15) is 4.79 Å². The number of carbonyl (C=O) groups excluding carboxylic acids is 1. The molecule has 1 aliphatic heterocycles. The molecule has 1 saturated heterocycles. The van der Waals surface area contributed by atoms with Gasteiger partial charge in [0.1, 0.15) is 0 Å². The number of ether oxygens (including phenoxy) is 1. The molecule has 4 nitrogen and oxygen atoms in total. The molecule has 2 amide bonds. The minimum absolute atomic E-state index is 0.0910. The van der Waals surface area contributed by atoms with Gasteiger partial charge in [0.25, 0.3) is 0 Å². The van der Waals surface area contributed by atoms with Crippen LogP contribution in [0.2, 0.25) is 5.02 Å². The summed E-state index contributed by atoms with van der Waals surface area (Å²) in [4.78, 5) is 13.9. The van der Waals surface area contributed by atoms with Crippen molar-refractivity contribution in [1.29, 1.82) is 0 Å². The van der Waals surface area contributed by atoms with Crippen molar-refractivity contribution in [2.24, 2.45) is 0 Å². The topological polar surface area (TPSA) is 41.6 Å². The van der Waals surface area contributed by atoms with Gasteiger partial charge >= 0.3 is 6.03 Å². The van der Waals surface area contributed by atoms with Crippen LogP contribution in [0.25, 0.3) is 0 Å². The lowest BCUT2D eigenvalue weighted by Gasteiger charge is -2.32. The van der Waals surface area contributed by atoms with Crippen molar-refractivity contribution in [3.63, 3.8) is 0 Å². The first-order chi connectivity index (χ1) is 9.19. The Bertz CT molecular complexity index is 437. The molecule has 1 unspecified atom stereocenters. The summed E-state index contributed by atoms with van der Waals surface area (Å²) in [7, 11) is 0. The number of hydrogen-bond acceptors (Lipinski definition) is 2. The Balaban J connectivity index is 1.92. The van der Waals surface area contributed by atoms with Gasteiger partial charge in [-0.1, -0.05) is 17.7 Å². The van der Waals surface area contributed by atoms with Gasteiger partial charge in [-0.3, -0.25) is 0 Å². The second-order valence-corrected chi connectivity index (χ2v) is 5.04. The van der Waals surface area contributed by atoms with Crippen molar-refractivity contribution in [3.8, 4) is 0 Å². The standard InChI is InChI=1S/C14H19ClN2O2/c1-2-19-13-7-4-8-17(10-13)14(18)16-12-6-3-5-11(15)9-12/h3,5-6,9,13H,2,4,7-8,10H2,1H3,(H,16,18). The molecule has 0 radical (unpaired) electrons. The summed E-state index contributed by atoms with van der Waals surface area (Å²) in [6, 6.07) is 7.07. The number of carbonyl (C=O) groups is 1. The third-order valence-electron chi connectivity index (χ3n) is 3.14. The molecule has 1 atom stereocenters. The van der Waals surface area contributed by atoms with Gasteiger partial charge in [0, 0.05) is 30.4 Å². The molecule has 0 aliphatic carbocycles. The van der Waals surface area contributed by atoms with Crippen LogP contribution < -0.4 is 5.32 Å². The summed E-state index contributed by atoms with van der Waals surface area (Å²) in [5.41, 5.74) is 0.719. The molecule has 1 aromatic carbocycles. The Morgan fingerprint density at radius 2 is 2.42 bits per heavy atom. The molecule has 1 aliphatic rings. The van der Waals surface area contributed by atoms with E-state index >= 15 is 0 Å². The number of nitrogens with one attached hydrogen (secondary N) is 1. The van der Waals surface area contributed by atoms with Crippen molar-refractivity contribution in [2.45, 2.75) is 25.9 Å². The first-order valence-corrected chi connectivity index (χ1v) is 7.00. The molecule has 1 heterocycles. The first-order valence-electron chi connectivity index (χ1n) is 6.62. The second kappa shape index (κ2) is 6.78. The van der Waals surface area contributed by atoms with Crippen molar-refractivity contribution in [2.75, 3.05) is 25.0 Å².